The van der Waals surface area contributed by atoms with E-state index in [0.717, 1.165) is 58.8 Å². The molecule has 206 valence electrons. The lowest BCUT2D eigenvalue weighted by atomic mass is 10.1. The zero-order valence-corrected chi connectivity index (χ0v) is 23.7. The van der Waals surface area contributed by atoms with Crippen molar-refractivity contribution in [3.63, 3.8) is 0 Å². The minimum Gasteiger partial charge on any atom is -0.497 e. The van der Waals surface area contributed by atoms with Crippen molar-refractivity contribution in [1.29, 1.82) is 0 Å². The number of benzene rings is 3. The summed E-state index contributed by atoms with van der Waals surface area (Å²) in [5, 5.41) is 9.38. The van der Waals surface area contributed by atoms with Crippen LogP contribution in [0.1, 0.15) is 31.7 Å². The molecule has 0 aliphatic carbocycles. The number of thiazole rings is 1. The summed E-state index contributed by atoms with van der Waals surface area (Å²) in [4.78, 5) is 18.6. The highest BCUT2D eigenvalue weighted by molar-refractivity contribution is 7.15. The van der Waals surface area contributed by atoms with E-state index in [1.807, 2.05) is 95.8 Å². The molecule has 3 heterocycles. The second-order valence-corrected chi connectivity index (χ2v) is 10.6. The molecular weight excluding hydrogens is 534 g/mol. The maximum Gasteiger partial charge on any atom is 0.291 e. The lowest BCUT2D eigenvalue weighted by Gasteiger charge is -2.05. The number of para-hydroxylation sites is 1. The Morgan fingerprint density at radius 3 is 2.32 bits per heavy atom. The molecule has 0 N–H and O–H groups in total. The second-order valence-electron chi connectivity index (χ2n) is 9.57. The SMILES string of the molecule is CCCCCOc1ccc(-c2nc3sc(=Cc4cn(-c5ccccc5)nc4-c4ccc(OC)cc4)c(=O)n3n2)cc1. The smallest absolute Gasteiger partial charge is 0.291 e. The van der Waals surface area contributed by atoms with Crippen LogP contribution in [-0.4, -0.2) is 38.1 Å². The summed E-state index contributed by atoms with van der Waals surface area (Å²) in [7, 11) is 1.64. The monoisotopic (exact) mass is 563 g/mol. The molecule has 0 saturated carbocycles. The van der Waals surface area contributed by atoms with Gasteiger partial charge in [-0.1, -0.05) is 49.3 Å². The Labute approximate surface area is 241 Å². The number of hydrogen-bond donors (Lipinski definition) is 0. The van der Waals surface area contributed by atoms with Crippen LogP contribution in [0.2, 0.25) is 0 Å². The Kier molecular flexibility index (Phi) is 7.60. The van der Waals surface area contributed by atoms with Crippen molar-refractivity contribution in [3.8, 4) is 39.8 Å². The molecule has 0 amide bonds. The lowest BCUT2D eigenvalue weighted by Crippen LogP contribution is -2.23. The van der Waals surface area contributed by atoms with Crippen molar-refractivity contribution >= 4 is 22.4 Å². The Hall–Kier alpha value is -4.76. The van der Waals surface area contributed by atoms with Crippen LogP contribution in [0.3, 0.4) is 0 Å². The van der Waals surface area contributed by atoms with Gasteiger partial charge in [-0.2, -0.15) is 14.6 Å². The van der Waals surface area contributed by atoms with Crippen LogP contribution in [0.5, 0.6) is 11.5 Å². The average Bonchev–Trinajstić information content (AvgIpc) is 3.71. The van der Waals surface area contributed by atoms with Gasteiger partial charge in [0.1, 0.15) is 17.2 Å². The summed E-state index contributed by atoms with van der Waals surface area (Å²) in [6.07, 6.45) is 7.15. The molecular formula is C32H29N5O3S. The van der Waals surface area contributed by atoms with E-state index < -0.39 is 0 Å². The maximum absolute atomic E-state index is 13.4. The molecule has 6 rings (SSSR count). The highest BCUT2D eigenvalue weighted by atomic mass is 32.1. The largest absolute Gasteiger partial charge is 0.497 e. The Bertz CT molecular complexity index is 1870. The van der Waals surface area contributed by atoms with E-state index in [1.54, 1.807) is 7.11 Å². The molecule has 0 saturated heterocycles. The maximum atomic E-state index is 13.4. The standard InChI is InChI=1S/C32H29N5O3S/c1-3-4-8-19-40-27-17-13-23(14-18-27)30-33-32-37(35-30)31(38)28(41-32)20-24-21-36(25-9-6-5-7-10-25)34-29(24)22-11-15-26(39-2)16-12-22/h5-7,9-18,20-21H,3-4,8,19H2,1-2H3. The molecule has 0 unspecified atom stereocenters. The first kappa shape index (κ1) is 26.5. The topological polar surface area (TPSA) is 83.5 Å². The van der Waals surface area contributed by atoms with Gasteiger partial charge in [0.15, 0.2) is 5.82 Å². The minimum atomic E-state index is -0.215. The van der Waals surface area contributed by atoms with E-state index in [9.17, 15) is 4.79 Å². The number of methoxy groups -OCH3 is 1. The van der Waals surface area contributed by atoms with Gasteiger partial charge < -0.3 is 9.47 Å². The number of ether oxygens (including phenoxy) is 2. The Morgan fingerprint density at radius 1 is 0.878 bits per heavy atom. The number of fused-ring (bicyclic) bond motifs is 1. The fourth-order valence-electron chi connectivity index (χ4n) is 4.52. The predicted molar refractivity (Wildman–Crippen MR) is 162 cm³/mol. The zero-order valence-electron chi connectivity index (χ0n) is 22.9. The van der Waals surface area contributed by atoms with Gasteiger partial charge in [-0.15, -0.1) is 5.10 Å². The van der Waals surface area contributed by atoms with Crippen molar-refractivity contribution in [3.05, 3.63) is 106 Å². The van der Waals surface area contributed by atoms with Crippen LogP contribution < -0.4 is 19.6 Å². The molecule has 8 nitrogen and oxygen atoms in total. The highest BCUT2D eigenvalue weighted by Crippen LogP contribution is 2.27. The van der Waals surface area contributed by atoms with E-state index >= 15 is 0 Å². The molecule has 3 aromatic heterocycles. The van der Waals surface area contributed by atoms with Crippen molar-refractivity contribution < 1.29 is 9.47 Å². The number of aromatic nitrogens is 5. The Morgan fingerprint density at radius 2 is 1.61 bits per heavy atom. The third kappa shape index (κ3) is 5.62. The van der Waals surface area contributed by atoms with Gasteiger partial charge in [0, 0.05) is 22.9 Å². The molecule has 3 aromatic carbocycles. The first-order valence-corrected chi connectivity index (χ1v) is 14.4. The van der Waals surface area contributed by atoms with E-state index in [0.29, 0.717) is 21.9 Å². The van der Waals surface area contributed by atoms with E-state index in [2.05, 4.69) is 17.0 Å². The molecule has 6 aromatic rings. The number of unbranched alkanes of at least 4 members (excludes halogenated alkanes) is 2. The van der Waals surface area contributed by atoms with Gasteiger partial charge in [-0.05, 0) is 73.2 Å². The number of hydrogen-bond acceptors (Lipinski definition) is 7. The molecule has 0 atom stereocenters. The predicted octanol–water partition coefficient (Wildman–Crippen LogP) is 5.80. The van der Waals surface area contributed by atoms with Crippen LogP contribution in [0.15, 0.2) is 89.9 Å². The van der Waals surface area contributed by atoms with Gasteiger partial charge in [0.25, 0.3) is 5.56 Å². The second kappa shape index (κ2) is 11.8. The van der Waals surface area contributed by atoms with Gasteiger partial charge in [0.05, 0.1) is 23.9 Å². The molecule has 9 heteroatoms. The van der Waals surface area contributed by atoms with Crippen molar-refractivity contribution in [2.45, 2.75) is 26.2 Å². The first-order valence-electron chi connectivity index (χ1n) is 13.6. The van der Waals surface area contributed by atoms with Gasteiger partial charge in [-0.3, -0.25) is 4.79 Å². The average molecular weight is 564 g/mol. The molecule has 0 aliphatic rings. The number of rotatable bonds is 10. The summed E-state index contributed by atoms with van der Waals surface area (Å²) in [5.74, 6) is 2.09. The third-order valence-electron chi connectivity index (χ3n) is 6.72. The highest BCUT2D eigenvalue weighted by Gasteiger charge is 2.15. The fourth-order valence-corrected chi connectivity index (χ4v) is 5.42. The number of nitrogens with zero attached hydrogens (tertiary/aromatic N) is 5. The zero-order chi connectivity index (χ0) is 28.2. The van der Waals surface area contributed by atoms with E-state index in [1.165, 1.54) is 15.9 Å². The molecule has 0 bridgehead atoms. The molecule has 41 heavy (non-hydrogen) atoms. The van der Waals surface area contributed by atoms with Crippen LogP contribution in [0, 0.1) is 0 Å². The third-order valence-corrected chi connectivity index (χ3v) is 7.68. The van der Waals surface area contributed by atoms with Crippen LogP contribution in [-0.2, 0) is 0 Å². The van der Waals surface area contributed by atoms with Gasteiger partial charge in [0.2, 0.25) is 4.96 Å². The van der Waals surface area contributed by atoms with Gasteiger partial charge >= 0.3 is 0 Å². The van der Waals surface area contributed by atoms with E-state index in [4.69, 9.17) is 14.6 Å². The minimum absolute atomic E-state index is 0.215. The molecule has 0 aliphatic heterocycles. The fraction of sp³-hybridized carbons (Fsp3) is 0.188. The quantitative estimate of drug-likeness (QED) is 0.196. The summed E-state index contributed by atoms with van der Waals surface area (Å²) in [6.45, 7) is 2.88. The summed E-state index contributed by atoms with van der Waals surface area (Å²) < 4.78 is 14.9. The lowest BCUT2D eigenvalue weighted by molar-refractivity contribution is 0.306. The van der Waals surface area contributed by atoms with Crippen molar-refractivity contribution in [2.24, 2.45) is 0 Å². The Balaban J connectivity index is 1.33. The van der Waals surface area contributed by atoms with E-state index in [-0.39, 0.29) is 5.56 Å². The van der Waals surface area contributed by atoms with Crippen LogP contribution >= 0.6 is 11.3 Å². The summed E-state index contributed by atoms with van der Waals surface area (Å²) >= 11 is 1.31. The molecule has 0 spiro atoms. The van der Waals surface area contributed by atoms with Crippen molar-refractivity contribution in [1.82, 2.24) is 24.4 Å². The normalized spacial score (nSPS) is 11.8. The van der Waals surface area contributed by atoms with Crippen molar-refractivity contribution in [2.75, 3.05) is 13.7 Å². The summed E-state index contributed by atoms with van der Waals surface area (Å²) in [6, 6.07) is 25.3. The first-order chi connectivity index (χ1) is 20.1. The molecule has 0 fully saturated rings. The van der Waals surface area contributed by atoms with Gasteiger partial charge in [-0.25, -0.2) is 4.68 Å². The summed E-state index contributed by atoms with van der Waals surface area (Å²) in [5.41, 5.74) is 4.03. The van der Waals surface area contributed by atoms with Crippen LogP contribution in [0.25, 0.3) is 39.4 Å². The molecule has 0 radical (unpaired) electrons. The van der Waals surface area contributed by atoms with Crippen LogP contribution in [0.4, 0.5) is 0 Å².